The molecule has 0 aromatic heterocycles. The third kappa shape index (κ3) is 3.47. The minimum absolute atomic E-state index is 0.0908. The molecule has 0 radical (unpaired) electrons. The van der Waals surface area contributed by atoms with Crippen LogP contribution in [-0.4, -0.2) is 12.9 Å². The maximum absolute atomic E-state index is 11.7. The van der Waals surface area contributed by atoms with Crippen molar-refractivity contribution in [2.24, 2.45) is 5.92 Å². The number of Topliss-reactive ketones (excluding diaryl/α,β-unsaturated/α-hetero) is 1. The van der Waals surface area contributed by atoms with Crippen LogP contribution in [0.1, 0.15) is 19.4 Å². The Morgan fingerprint density at radius 3 is 2.35 bits per heavy atom. The largest absolute Gasteiger partial charge is 0.497 e. The summed E-state index contributed by atoms with van der Waals surface area (Å²) in [5.74, 6) is 1.22. The minimum atomic E-state index is 0.0908. The molecule has 0 fully saturated rings. The summed E-state index contributed by atoms with van der Waals surface area (Å²) < 4.78 is 5.23. The molecule has 0 spiro atoms. The average molecular weight is 268 g/mol. The van der Waals surface area contributed by atoms with E-state index in [9.17, 15) is 4.79 Å². The Labute approximate surface area is 120 Å². The lowest BCUT2D eigenvalue weighted by Gasteiger charge is -2.07. The Bertz CT molecular complexity index is 583. The number of carbonyl (C=O) groups excluding carboxylic acids is 1. The normalized spacial score (nSPS) is 10.6. The van der Waals surface area contributed by atoms with Gasteiger partial charge in [-0.3, -0.25) is 4.79 Å². The highest BCUT2D eigenvalue weighted by molar-refractivity contribution is 5.82. The molecule has 2 rings (SSSR count). The number of hydrogen-bond acceptors (Lipinski definition) is 2. The van der Waals surface area contributed by atoms with Crippen molar-refractivity contribution in [3.05, 3.63) is 54.1 Å². The van der Waals surface area contributed by atoms with Crippen LogP contribution in [0.4, 0.5) is 0 Å². The van der Waals surface area contributed by atoms with Gasteiger partial charge in [-0.2, -0.15) is 0 Å². The highest BCUT2D eigenvalue weighted by Crippen LogP contribution is 2.24. The van der Waals surface area contributed by atoms with Crippen LogP contribution in [0.25, 0.3) is 11.1 Å². The molecule has 0 aliphatic heterocycles. The summed E-state index contributed by atoms with van der Waals surface area (Å²) in [5.41, 5.74) is 3.31. The number of rotatable bonds is 5. The second-order valence-corrected chi connectivity index (χ2v) is 5.23. The summed E-state index contributed by atoms with van der Waals surface area (Å²) >= 11 is 0. The van der Waals surface area contributed by atoms with Gasteiger partial charge in [-0.15, -0.1) is 0 Å². The van der Waals surface area contributed by atoms with Gasteiger partial charge < -0.3 is 4.74 Å². The van der Waals surface area contributed by atoms with Gasteiger partial charge >= 0.3 is 0 Å². The molecule has 0 aliphatic rings. The van der Waals surface area contributed by atoms with Gasteiger partial charge in [-0.25, -0.2) is 0 Å². The molecule has 20 heavy (non-hydrogen) atoms. The molecule has 0 unspecified atom stereocenters. The van der Waals surface area contributed by atoms with Gasteiger partial charge in [-0.05, 0) is 28.8 Å². The van der Waals surface area contributed by atoms with Crippen LogP contribution < -0.4 is 4.74 Å². The highest BCUT2D eigenvalue weighted by atomic mass is 16.5. The number of hydrogen-bond donors (Lipinski definition) is 0. The maximum atomic E-state index is 11.7. The summed E-state index contributed by atoms with van der Waals surface area (Å²) in [4.78, 5) is 11.7. The summed E-state index contributed by atoms with van der Waals surface area (Å²) in [6, 6.07) is 16.1. The maximum Gasteiger partial charge on any atom is 0.139 e. The fourth-order valence-electron chi connectivity index (χ4n) is 2.02. The molecule has 0 atom stereocenters. The summed E-state index contributed by atoms with van der Waals surface area (Å²) in [6.07, 6.45) is 0.510. The van der Waals surface area contributed by atoms with E-state index in [1.54, 1.807) is 7.11 Å². The first-order valence-corrected chi connectivity index (χ1v) is 6.86. The zero-order chi connectivity index (χ0) is 14.5. The monoisotopic (exact) mass is 268 g/mol. The number of ketones is 1. The van der Waals surface area contributed by atoms with Crippen LogP contribution in [0.5, 0.6) is 5.75 Å². The zero-order valence-electron chi connectivity index (χ0n) is 12.2. The molecule has 104 valence electrons. The zero-order valence-corrected chi connectivity index (χ0v) is 12.2. The Morgan fingerprint density at radius 1 is 1.05 bits per heavy atom. The molecule has 2 aromatic carbocycles. The predicted molar refractivity (Wildman–Crippen MR) is 82.0 cm³/mol. The molecular formula is C18H20O2. The van der Waals surface area contributed by atoms with Gasteiger partial charge in [0.25, 0.3) is 0 Å². The Hall–Kier alpha value is -2.09. The highest BCUT2D eigenvalue weighted by Gasteiger charge is 2.08. The van der Waals surface area contributed by atoms with Gasteiger partial charge in [0.15, 0.2) is 0 Å². The van der Waals surface area contributed by atoms with E-state index in [0.29, 0.717) is 6.42 Å². The molecule has 0 heterocycles. The number of ether oxygens (including phenoxy) is 1. The van der Waals surface area contributed by atoms with Crippen molar-refractivity contribution < 1.29 is 9.53 Å². The number of benzene rings is 2. The molecule has 0 aliphatic carbocycles. The third-order valence-electron chi connectivity index (χ3n) is 3.38. The molecule has 0 saturated carbocycles. The topological polar surface area (TPSA) is 26.3 Å². The van der Waals surface area contributed by atoms with Crippen molar-refractivity contribution >= 4 is 5.78 Å². The van der Waals surface area contributed by atoms with Crippen molar-refractivity contribution in [2.75, 3.05) is 7.11 Å². The summed E-state index contributed by atoms with van der Waals surface area (Å²) in [6.45, 7) is 3.87. The quantitative estimate of drug-likeness (QED) is 0.815. The van der Waals surface area contributed by atoms with Gasteiger partial charge in [0.1, 0.15) is 11.5 Å². The molecule has 2 aromatic rings. The van der Waals surface area contributed by atoms with Crippen LogP contribution in [-0.2, 0) is 11.2 Å². The van der Waals surface area contributed by atoms with E-state index in [4.69, 9.17) is 4.74 Å². The van der Waals surface area contributed by atoms with E-state index < -0.39 is 0 Å². The SMILES string of the molecule is COc1cccc(-c2ccc(CC(=O)C(C)C)cc2)c1. The second kappa shape index (κ2) is 6.38. The summed E-state index contributed by atoms with van der Waals surface area (Å²) in [7, 11) is 1.67. The van der Waals surface area contributed by atoms with Crippen molar-refractivity contribution in [2.45, 2.75) is 20.3 Å². The Balaban J connectivity index is 2.17. The fraction of sp³-hybridized carbons (Fsp3) is 0.278. The first kappa shape index (κ1) is 14.3. The van der Waals surface area contributed by atoms with Gasteiger partial charge in [0, 0.05) is 12.3 Å². The fourth-order valence-corrected chi connectivity index (χ4v) is 2.02. The standard InChI is InChI=1S/C18H20O2/c1-13(2)18(19)11-14-7-9-15(10-8-14)16-5-4-6-17(12-16)20-3/h4-10,12-13H,11H2,1-3H3. The van der Waals surface area contributed by atoms with Gasteiger partial charge in [-0.1, -0.05) is 50.2 Å². The van der Waals surface area contributed by atoms with Crippen molar-refractivity contribution in [3.8, 4) is 16.9 Å². The van der Waals surface area contributed by atoms with Crippen LogP contribution in [0, 0.1) is 5.92 Å². The minimum Gasteiger partial charge on any atom is -0.497 e. The molecule has 0 N–H and O–H groups in total. The van der Waals surface area contributed by atoms with E-state index in [2.05, 4.69) is 18.2 Å². The van der Waals surface area contributed by atoms with E-state index >= 15 is 0 Å². The van der Waals surface area contributed by atoms with E-state index in [-0.39, 0.29) is 11.7 Å². The molecule has 0 saturated heterocycles. The second-order valence-electron chi connectivity index (χ2n) is 5.23. The van der Waals surface area contributed by atoms with Crippen molar-refractivity contribution in [1.29, 1.82) is 0 Å². The van der Waals surface area contributed by atoms with Crippen LogP contribution in [0.3, 0.4) is 0 Å². The molecule has 2 heteroatoms. The van der Waals surface area contributed by atoms with E-state index in [1.807, 2.05) is 44.2 Å². The average Bonchev–Trinajstić information content (AvgIpc) is 2.48. The lowest BCUT2D eigenvalue weighted by molar-refractivity contribution is -0.121. The predicted octanol–water partition coefficient (Wildman–Crippen LogP) is 4.13. The van der Waals surface area contributed by atoms with Crippen LogP contribution in [0.2, 0.25) is 0 Å². The molecule has 2 nitrogen and oxygen atoms in total. The first-order chi connectivity index (χ1) is 9.60. The molecule has 0 bridgehead atoms. The van der Waals surface area contributed by atoms with E-state index in [1.165, 1.54) is 0 Å². The number of methoxy groups -OCH3 is 1. The third-order valence-corrected chi connectivity index (χ3v) is 3.38. The lowest BCUT2D eigenvalue weighted by atomic mass is 9.98. The van der Waals surface area contributed by atoms with Gasteiger partial charge in [0.05, 0.1) is 7.11 Å². The van der Waals surface area contributed by atoms with Crippen molar-refractivity contribution in [3.63, 3.8) is 0 Å². The lowest BCUT2D eigenvalue weighted by Crippen LogP contribution is -2.09. The summed E-state index contributed by atoms with van der Waals surface area (Å²) in [5, 5.41) is 0. The van der Waals surface area contributed by atoms with Crippen LogP contribution in [0.15, 0.2) is 48.5 Å². The van der Waals surface area contributed by atoms with Crippen molar-refractivity contribution in [1.82, 2.24) is 0 Å². The van der Waals surface area contributed by atoms with E-state index in [0.717, 1.165) is 22.4 Å². The Morgan fingerprint density at radius 2 is 1.75 bits per heavy atom. The van der Waals surface area contributed by atoms with Gasteiger partial charge in [0.2, 0.25) is 0 Å². The smallest absolute Gasteiger partial charge is 0.139 e. The van der Waals surface area contributed by atoms with Crippen LogP contribution >= 0.6 is 0 Å². The molecular weight excluding hydrogens is 248 g/mol. The first-order valence-electron chi connectivity index (χ1n) is 6.86. The number of carbonyl (C=O) groups is 1. The Kier molecular flexibility index (Phi) is 4.57. The molecule has 0 amide bonds.